The van der Waals surface area contributed by atoms with Crippen LogP contribution < -0.4 is 10.2 Å². The summed E-state index contributed by atoms with van der Waals surface area (Å²) in [5.74, 6) is 0.935. The number of anilines is 1. The second-order valence-corrected chi connectivity index (χ2v) is 4.86. The maximum absolute atomic E-state index is 11.8. The van der Waals surface area contributed by atoms with Crippen LogP contribution >= 0.6 is 0 Å². The number of hydrogen-bond acceptors (Lipinski definition) is 5. The van der Waals surface area contributed by atoms with Gasteiger partial charge in [-0.2, -0.15) is 0 Å². The molecule has 1 aliphatic heterocycles. The molecular formula is C14H22N4O2. The van der Waals surface area contributed by atoms with E-state index in [1.54, 1.807) is 18.6 Å². The van der Waals surface area contributed by atoms with Crippen molar-refractivity contribution >= 4 is 11.7 Å². The van der Waals surface area contributed by atoms with Crippen LogP contribution in [0.5, 0.6) is 0 Å². The maximum atomic E-state index is 11.8. The molecule has 0 bridgehead atoms. The summed E-state index contributed by atoms with van der Waals surface area (Å²) in [7, 11) is 0. The molecular weight excluding hydrogens is 256 g/mol. The number of nitrogens with one attached hydrogen (secondary N) is 1. The first-order chi connectivity index (χ1) is 9.79. The van der Waals surface area contributed by atoms with Crippen molar-refractivity contribution in [1.82, 2.24) is 15.3 Å². The molecule has 1 N–H and O–H groups in total. The van der Waals surface area contributed by atoms with Crippen LogP contribution in [0.4, 0.5) is 5.82 Å². The van der Waals surface area contributed by atoms with E-state index in [4.69, 9.17) is 4.74 Å². The number of hydrogen-bond donors (Lipinski definition) is 1. The number of carbonyl (C=O) groups excluding carboxylic acids is 1. The highest BCUT2D eigenvalue weighted by atomic mass is 16.5. The molecule has 0 saturated carbocycles. The Balaban J connectivity index is 1.80. The number of ether oxygens (including phenoxy) is 1. The Labute approximate surface area is 119 Å². The van der Waals surface area contributed by atoms with E-state index in [0.29, 0.717) is 19.6 Å². The summed E-state index contributed by atoms with van der Waals surface area (Å²) in [6, 6.07) is 0.180. The van der Waals surface area contributed by atoms with Crippen molar-refractivity contribution in [1.29, 1.82) is 0 Å². The van der Waals surface area contributed by atoms with E-state index in [-0.39, 0.29) is 11.9 Å². The molecule has 1 aromatic rings. The number of aromatic nitrogens is 2. The minimum absolute atomic E-state index is 0.0597. The average Bonchev–Trinajstić information content (AvgIpc) is 2.49. The van der Waals surface area contributed by atoms with Crippen molar-refractivity contribution in [3.05, 3.63) is 18.6 Å². The van der Waals surface area contributed by atoms with E-state index in [9.17, 15) is 4.79 Å². The topological polar surface area (TPSA) is 67.3 Å². The summed E-state index contributed by atoms with van der Waals surface area (Å²) in [5, 5.41) is 3.07. The predicted molar refractivity (Wildman–Crippen MR) is 76.5 cm³/mol. The first-order valence-electron chi connectivity index (χ1n) is 7.17. The molecule has 1 atom stereocenters. The molecule has 6 nitrogen and oxygen atoms in total. The van der Waals surface area contributed by atoms with Crippen LogP contribution in [0.2, 0.25) is 0 Å². The lowest BCUT2D eigenvalue weighted by Crippen LogP contribution is -2.48. The molecule has 0 radical (unpaired) electrons. The van der Waals surface area contributed by atoms with Crippen LogP contribution in [0.15, 0.2) is 18.6 Å². The normalized spacial score (nSPS) is 18.9. The van der Waals surface area contributed by atoms with Crippen molar-refractivity contribution in [2.75, 3.05) is 31.2 Å². The first kappa shape index (κ1) is 14.7. The Morgan fingerprint density at radius 1 is 1.55 bits per heavy atom. The summed E-state index contributed by atoms with van der Waals surface area (Å²) >= 11 is 0. The zero-order chi connectivity index (χ0) is 14.2. The van der Waals surface area contributed by atoms with Gasteiger partial charge < -0.3 is 15.0 Å². The molecule has 1 aromatic heterocycles. The molecule has 2 heterocycles. The van der Waals surface area contributed by atoms with E-state index in [1.807, 2.05) is 6.92 Å². The van der Waals surface area contributed by atoms with Gasteiger partial charge in [-0.15, -0.1) is 0 Å². The van der Waals surface area contributed by atoms with Crippen LogP contribution in [0.25, 0.3) is 0 Å². The Kier molecular flexibility index (Phi) is 5.73. The van der Waals surface area contributed by atoms with Crippen LogP contribution in [-0.2, 0) is 9.53 Å². The highest BCUT2D eigenvalue weighted by Crippen LogP contribution is 2.16. The van der Waals surface area contributed by atoms with E-state index >= 15 is 0 Å². The standard InChI is InChI=1S/C14H22N4O2/c1-2-20-9-5-14(19)17-12-4-3-8-18(11-12)13-10-15-6-7-16-13/h6-7,10,12H,2-5,8-9,11H2,1H3,(H,17,19)/t12-/m1/s1. The molecule has 1 fully saturated rings. The summed E-state index contributed by atoms with van der Waals surface area (Å²) in [6.45, 7) is 4.82. The maximum Gasteiger partial charge on any atom is 0.222 e. The quantitative estimate of drug-likeness (QED) is 0.786. The highest BCUT2D eigenvalue weighted by Gasteiger charge is 2.22. The van der Waals surface area contributed by atoms with Crippen molar-refractivity contribution in [2.24, 2.45) is 0 Å². The van der Waals surface area contributed by atoms with Crippen LogP contribution in [0.3, 0.4) is 0 Å². The first-order valence-corrected chi connectivity index (χ1v) is 7.17. The fraction of sp³-hybridized carbons (Fsp3) is 0.643. The Morgan fingerprint density at radius 2 is 2.45 bits per heavy atom. The number of carbonyl (C=O) groups is 1. The third kappa shape index (κ3) is 4.45. The second kappa shape index (κ2) is 7.79. The van der Waals surface area contributed by atoms with Gasteiger partial charge in [0.2, 0.25) is 5.91 Å². The van der Waals surface area contributed by atoms with Crippen molar-refractivity contribution in [2.45, 2.75) is 32.2 Å². The smallest absolute Gasteiger partial charge is 0.222 e. The van der Waals surface area contributed by atoms with Gasteiger partial charge in [0.15, 0.2) is 0 Å². The van der Waals surface area contributed by atoms with Gasteiger partial charge in [-0.1, -0.05) is 0 Å². The molecule has 0 unspecified atom stereocenters. The third-order valence-corrected chi connectivity index (χ3v) is 3.34. The number of piperidine rings is 1. The zero-order valence-electron chi connectivity index (χ0n) is 11.9. The number of nitrogens with zero attached hydrogens (tertiary/aromatic N) is 3. The summed E-state index contributed by atoms with van der Waals surface area (Å²) < 4.78 is 5.19. The van der Waals surface area contributed by atoms with E-state index in [2.05, 4.69) is 20.2 Å². The fourth-order valence-electron chi connectivity index (χ4n) is 2.37. The molecule has 0 spiro atoms. The fourth-order valence-corrected chi connectivity index (χ4v) is 2.37. The Hall–Kier alpha value is -1.69. The van der Waals surface area contributed by atoms with Crippen molar-refractivity contribution in [3.8, 4) is 0 Å². The SMILES string of the molecule is CCOCCC(=O)N[C@@H]1CCCN(c2cnccn2)C1. The van der Waals surface area contributed by atoms with Crippen molar-refractivity contribution < 1.29 is 9.53 Å². The van der Waals surface area contributed by atoms with Gasteiger partial charge >= 0.3 is 0 Å². The highest BCUT2D eigenvalue weighted by molar-refractivity contribution is 5.76. The number of rotatable bonds is 6. The summed E-state index contributed by atoms with van der Waals surface area (Å²) in [6.07, 6.45) is 7.61. The van der Waals surface area contributed by atoms with Gasteiger partial charge in [-0.3, -0.25) is 9.78 Å². The minimum atomic E-state index is 0.0597. The largest absolute Gasteiger partial charge is 0.381 e. The van der Waals surface area contributed by atoms with E-state index in [1.165, 1.54) is 0 Å². The van der Waals surface area contributed by atoms with Gasteiger partial charge in [0.25, 0.3) is 0 Å². The summed E-state index contributed by atoms with van der Waals surface area (Å²) in [4.78, 5) is 22.4. The monoisotopic (exact) mass is 278 g/mol. The average molecular weight is 278 g/mol. The molecule has 2 rings (SSSR count). The third-order valence-electron chi connectivity index (χ3n) is 3.34. The number of amides is 1. The van der Waals surface area contributed by atoms with Crippen LogP contribution in [0.1, 0.15) is 26.2 Å². The van der Waals surface area contributed by atoms with Crippen LogP contribution in [-0.4, -0.2) is 48.2 Å². The van der Waals surface area contributed by atoms with E-state index < -0.39 is 0 Å². The lowest BCUT2D eigenvalue weighted by Gasteiger charge is -2.33. The zero-order valence-corrected chi connectivity index (χ0v) is 11.9. The molecule has 0 aromatic carbocycles. The predicted octanol–water partition coefficient (Wildman–Crippen LogP) is 0.988. The van der Waals surface area contributed by atoms with Gasteiger partial charge in [-0.25, -0.2) is 4.98 Å². The Morgan fingerprint density at radius 3 is 3.20 bits per heavy atom. The lowest BCUT2D eigenvalue weighted by molar-refractivity contribution is -0.122. The molecule has 1 aliphatic rings. The minimum Gasteiger partial charge on any atom is -0.381 e. The van der Waals surface area contributed by atoms with E-state index in [0.717, 1.165) is 31.7 Å². The summed E-state index contributed by atoms with van der Waals surface area (Å²) in [5.41, 5.74) is 0. The van der Waals surface area contributed by atoms with Gasteiger partial charge in [0.1, 0.15) is 5.82 Å². The molecule has 6 heteroatoms. The molecule has 0 aliphatic carbocycles. The van der Waals surface area contributed by atoms with Gasteiger partial charge in [0, 0.05) is 44.6 Å². The molecule has 1 amide bonds. The lowest BCUT2D eigenvalue weighted by atomic mass is 10.1. The Bertz CT molecular complexity index is 413. The van der Waals surface area contributed by atoms with Crippen LogP contribution in [0, 0.1) is 0 Å². The molecule has 20 heavy (non-hydrogen) atoms. The van der Waals surface area contributed by atoms with Gasteiger partial charge in [-0.05, 0) is 19.8 Å². The second-order valence-electron chi connectivity index (χ2n) is 4.86. The van der Waals surface area contributed by atoms with Gasteiger partial charge in [0.05, 0.1) is 12.8 Å². The molecule has 1 saturated heterocycles. The van der Waals surface area contributed by atoms with Crippen molar-refractivity contribution in [3.63, 3.8) is 0 Å². The molecule has 110 valence electrons.